The Kier molecular flexibility index (Phi) is 6.04. The maximum atomic E-state index is 12.8. The van der Waals surface area contributed by atoms with Gasteiger partial charge >= 0.3 is 6.18 Å². The van der Waals surface area contributed by atoms with E-state index in [1.807, 2.05) is 0 Å². The van der Waals surface area contributed by atoms with Gasteiger partial charge in [0.1, 0.15) is 12.3 Å². The summed E-state index contributed by atoms with van der Waals surface area (Å²) >= 11 is 5.95. The lowest BCUT2D eigenvalue weighted by molar-refractivity contribution is -0.143. The summed E-state index contributed by atoms with van der Waals surface area (Å²) in [5.74, 6) is 0.210. The predicted molar refractivity (Wildman–Crippen MR) is 93.1 cm³/mol. The van der Waals surface area contributed by atoms with Gasteiger partial charge in [-0.3, -0.25) is 14.5 Å². The van der Waals surface area contributed by atoms with Crippen molar-refractivity contribution in [2.24, 2.45) is 5.92 Å². The number of pyridine rings is 1. The van der Waals surface area contributed by atoms with E-state index in [-0.39, 0.29) is 34.8 Å². The molecule has 0 aliphatic heterocycles. The van der Waals surface area contributed by atoms with E-state index >= 15 is 0 Å². The van der Waals surface area contributed by atoms with Crippen LogP contribution in [-0.2, 0) is 6.54 Å². The zero-order valence-corrected chi connectivity index (χ0v) is 15.2. The van der Waals surface area contributed by atoms with Crippen LogP contribution in [-0.4, -0.2) is 33.8 Å². The van der Waals surface area contributed by atoms with E-state index in [0.29, 0.717) is 12.0 Å². The van der Waals surface area contributed by atoms with Crippen molar-refractivity contribution in [2.45, 2.75) is 44.3 Å². The van der Waals surface area contributed by atoms with Gasteiger partial charge in [-0.2, -0.15) is 18.3 Å². The molecule has 2 heterocycles. The highest BCUT2D eigenvalue weighted by Crippen LogP contribution is 2.39. The minimum atomic E-state index is -4.33. The second-order valence-corrected chi connectivity index (χ2v) is 7.05. The lowest BCUT2D eigenvalue weighted by Crippen LogP contribution is -2.28. The number of ether oxygens (including phenoxy) is 1. The van der Waals surface area contributed by atoms with Crippen LogP contribution in [0.3, 0.4) is 0 Å². The number of carbonyl (C=O) groups excluding carboxylic acids is 1. The third-order valence-electron chi connectivity index (χ3n) is 4.84. The normalized spacial score (nSPS) is 20.4. The lowest BCUT2D eigenvalue weighted by atomic mass is 9.78. The monoisotopic (exact) mass is 401 g/mol. The van der Waals surface area contributed by atoms with Crippen LogP contribution in [0.4, 0.5) is 13.2 Å². The van der Waals surface area contributed by atoms with Crippen molar-refractivity contribution in [1.29, 1.82) is 0 Å². The van der Waals surface area contributed by atoms with Crippen LogP contribution >= 0.6 is 11.6 Å². The first-order chi connectivity index (χ1) is 12.9. The van der Waals surface area contributed by atoms with Crippen molar-refractivity contribution < 1.29 is 22.7 Å². The summed E-state index contributed by atoms with van der Waals surface area (Å²) in [6, 6.07) is 1.65. The van der Waals surface area contributed by atoms with E-state index in [1.54, 1.807) is 6.07 Å². The van der Waals surface area contributed by atoms with Crippen LogP contribution in [0.15, 0.2) is 24.7 Å². The fraction of sp³-hybridized carbons (Fsp3) is 0.500. The summed E-state index contributed by atoms with van der Waals surface area (Å²) in [6.07, 6.45) is 3.97. The average Bonchev–Trinajstić information content (AvgIpc) is 3.06. The van der Waals surface area contributed by atoms with E-state index in [9.17, 15) is 18.0 Å². The van der Waals surface area contributed by atoms with Gasteiger partial charge in [0.05, 0.1) is 23.4 Å². The minimum absolute atomic E-state index is 0.0147. The molecule has 5 nitrogen and oxygen atoms in total. The molecule has 2 atom stereocenters. The van der Waals surface area contributed by atoms with Gasteiger partial charge in [0.25, 0.3) is 0 Å². The number of hydrogen-bond donors (Lipinski definition) is 0. The van der Waals surface area contributed by atoms with Gasteiger partial charge in [0.2, 0.25) is 0 Å². The number of carbonyl (C=O) groups is 1. The minimum Gasteiger partial charge on any atom is -0.491 e. The van der Waals surface area contributed by atoms with Crippen LogP contribution in [0.2, 0.25) is 5.02 Å². The Labute approximate surface area is 159 Å². The molecule has 1 saturated carbocycles. The highest BCUT2D eigenvalue weighted by atomic mass is 35.5. The molecule has 1 aliphatic rings. The Morgan fingerprint density at radius 1 is 1.30 bits per heavy atom. The molecule has 146 valence electrons. The molecule has 9 heteroatoms. The molecule has 0 N–H and O–H groups in total. The van der Waals surface area contributed by atoms with Crippen molar-refractivity contribution in [3.63, 3.8) is 0 Å². The molecule has 1 fully saturated rings. The van der Waals surface area contributed by atoms with E-state index < -0.39 is 12.7 Å². The van der Waals surface area contributed by atoms with Crippen molar-refractivity contribution in [3.8, 4) is 5.75 Å². The van der Waals surface area contributed by atoms with Gasteiger partial charge in [0.15, 0.2) is 6.29 Å². The molecule has 0 amide bonds. The van der Waals surface area contributed by atoms with Gasteiger partial charge in [-0.25, -0.2) is 0 Å². The summed E-state index contributed by atoms with van der Waals surface area (Å²) in [4.78, 5) is 15.1. The summed E-state index contributed by atoms with van der Waals surface area (Å²) in [5.41, 5.74) is 0.793. The summed E-state index contributed by atoms with van der Waals surface area (Å²) in [7, 11) is 0. The zero-order chi connectivity index (χ0) is 19.4. The standard InChI is InChI=1S/C18H19ClF3N3O2/c19-15-7-23-8-17(14(15)9-26)27-10-12-3-1-2-4-13(12)16-5-6-24-25(16)11-18(20,21)22/h5-9,12-13H,1-4,10-11H2. The van der Waals surface area contributed by atoms with Crippen molar-refractivity contribution in [1.82, 2.24) is 14.8 Å². The highest BCUT2D eigenvalue weighted by molar-refractivity contribution is 6.33. The van der Waals surface area contributed by atoms with Crippen LogP contribution in [0.1, 0.15) is 47.7 Å². The van der Waals surface area contributed by atoms with Crippen molar-refractivity contribution in [3.05, 3.63) is 40.9 Å². The number of nitrogens with zero attached hydrogens (tertiary/aromatic N) is 3. The summed E-state index contributed by atoms with van der Waals surface area (Å²) in [5, 5.41) is 4.05. The Balaban J connectivity index is 1.76. The molecular formula is C18H19ClF3N3O2. The van der Waals surface area contributed by atoms with Crippen molar-refractivity contribution in [2.75, 3.05) is 6.61 Å². The largest absolute Gasteiger partial charge is 0.491 e. The second-order valence-electron chi connectivity index (χ2n) is 6.64. The first kappa shape index (κ1) is 19.7. The van der Waals surface area contributed by atoms with Crippen LogP contribution < -0.4 is 4.74 Å². The molecule has 1 aliphatic carbocycles. The third-order valence-corrected chi connectivity index (χ3v) is 5.14. The molecule has 3 rings (SSSR count). The third kappa shape index (κ3) is 4.80. The molecule has 0 aromatic carbocycles. The van der Waals surface area contributed by atoms with Gasteiger partial charge in [-0.1, -0.05) is 24.4 Å². The molecule has 2 aromatic rings. The first-order valence-electron chi connectivity index (χ1n) is 8.69. The molecule has 0 bridgehead atoms. The SMILES string of the molecule is O=Cc1c(Cl)cncc1OCC1CCCCC1c1ccnn1CC(F)(F)F. The van der Waals surface area contributed by atoms with Gasteiger partial charge < -0.3 is 4.74 Å². The number of hydrogen-bond acceptors (Lipinski definition) is 4. The first-order valence-corrected chi connectivity index (χ1v) is 9.07. The Bertz CT molecular complexity index is 794. The van der Waals surface area contributed by atoms with Gasteiger partial charge in [-0.05, 0) is 18.9 Å². The molecule has 2 aromatic heterocycles. The Morgan fingerprint density at radius 2 is 2.07 bits per heavy atom. The van der Waals surface area contributed by atoms with E-state index in [0.717, 1.165) is 30.4 Å². The maximum absolute atomic E-state index is 12.8. The highest BCUT2D eigenvalue weighted by Gasteiger charge is 2.34. The molecule has 0 saturated heterocycles. The number of aromatic nitrogens is 3. The Hall–Kier alpha value is -2.09. The summed E-state index contributed by atoms with van der Waals surface area (Å²) in [6.45, 7) is -0.836. The average molecular weight is 402 g/mol. The second kappa shape index (κ2) is 8.29. The molecule has 2 unspecified atom stereocenters. The molecular weight excluding hydrogens is 383 g/mol. The Morgan fingerprint density at radius 3 is 2.81 bits per heavy atom. The van der Waals surface area contributed by atoms with E-state index in [2.05, 4.69) is 10.1 Å². The lowest BCUT2D eigenvalue weighted by Gasteiger charge is -2.32. The number of rotatable bonds is 6. The molecule has 0 spiro atoms. The summed E-state index contributed by atoms with van der Waals surface area (Å²) < 4.78 is 45.3. The fourth-order valence-electron chi connectivity index (χ4n) is 3.61. The van der Waals surface area contributed by atoms with Crippen molar-refractivity contribution >= 4 is 17.9 Å². The maximum Gasteiger partial charge on any atom is 0.408 e. The smallest absolute Gasteiger partial charge is 0.408 e. The number of halogens is 4. The number of alkyl halides is 3. The van der Waals surface area contributed by atoms with Gasteiger partial charge in [0, 0.05) is 29.9 Å². The van der Waals surface area contributed by atoms with Gasteiger partial charge in [-0.15, -0.1) is 0 Å². The predicted octanol–water partition coefficient (Wildman–Crippen LogP) is 4.66. The quantitative estimate of drug-likeness (QED) is 0.660. The molecule has 27 heavy (non-hydrogen) atoms. The topological polar surface area (TPSA) is 57.0 Å². The number of aldehydes is 1. The van der Waals surface area contributed by atoms with E-state index in [4.69, 9.17) is 16.3 Å². The van der Waals surface area contributed by atoms with E-state index in [1.165, 1.54) is 18.6 Å². The van der Waals surface area contributed by atoms with Crippen LogP contribution in [0.25, 0.3) is 0 Å². The fourth-order valence-corrected chi connectivity index (χ4v) is 3.80. The van der Waals surface area contributed by atoms with Crippen LogP contribution in [0.5, 0.6) is 5.75 Å². The van der Waals surface area contributed by atoms with Crippen LogP contribution in [0, 0.1) is 5.92 Å². The molecule has 0 radical (unpaired) electrons. The zero-order valence-electron chi connectivity index (χ0n) is 14.5.